The first-order chi connectivity index (χ1) is 21.8. The van der Waals surface area contributed by atoms with Crippen LogP contribution in [0.5, 0.6) is 17.2 Å². The highest BCUT2D eigenvalue weighted by atomic mass is 16.6. The summed E-state index contributed by atoms with van der Waals surface area (Å²) in [6.45, 7) is 10.9. The molecule has 3 rings (SSSR count). The highest BCUT2D eigenvalue weighted by Crippen LogP contribution is 2.26. The zero-order chi connectivity index (χ0) is 34.0. The van der Waals surface area contributed by atoms with E-state index in [1.807, 2.05) is 77.9 Å². The van der Waals surface area contributed by atoms with Crippen LogP contribution < -0.4 is 0 Å². The van der Waals surface area contributed by atoms with Gasteiger partial charge in [0, 0.05) is 6.42 Å². The second kappa shape index (κ2) is 16.7. The topological polar surface area (TPSA) is 140 Å². The van der Waals surface area contributed by atoms with E-state index in [1.165, 1.54) is 0 Å². The summed E-state index contributed by atoms with van der Waals surface area (Å²) in [6, 6.07) is 11.2. The zero-order valence-electron chi connectivity index (χ0n) is 27.7. The number of phenols is 3. The van der Waals surface area contributed by atoms with Gasteiger partial charge in [0.15, 0.2) is 0 Å². The number of aromatic hydroxyl groups is 3. The van der Waals surface area contributed by atoms with E-state index in [1.54, 1.807) is 0 Å². The molecule has 0 aliphatic heterocycles. The van der Waals surface area contributed by atoms with Gasteiger partial charge in [0.25, 0.3) is 6.10 Å². The van der Waals surface area contributed by atoms with Gasteiger partial charge in [0.1, 0.15) is 17.2 Å². The summed E-state index contributed by atoms with van der Waals surface area (Å²) in [7, 11) is 0. The summed E-state index contributed by atoms with van der Waals surface area (Å²) < 4.78 is 16.0. The zero-order valence-corrected chi connectivity index (χ0v) is 27.7. The molecule has 0 aliphatic rings. The van der Waals surface area contributed by atoms with Crippen LogP contribution in [0.3, 0.4) is 0 Å². The third-order valence-corrected chi connectivity index (χ3v) is 7.88. The van der Waals surface area contributed by atoms with Gasteiger partial charge in [-0.3, -0.25) is 4.79 Å². The minimum Gasteiger partial charge on any atom is -0.507 e. The number of esters is 3. The molecule has 0 fully saturated rings. The molecule has 3 aromatic rings. The predicted octanol–water partition coefficient (Wildman–Crippen LogP) is 6.24. The first kappa shape index (κ1) is 35.9. The maximum Gasteiger partial charge on any atom is 0.359 e. The normalized spacial score (nSPS) is 11.0. The second-order valence-electron chi connectivity index (χ2n) is 12.0. The molecular weight excluding hydrogens is 588 g/mol. The summed E-state index contributed by atoms with van der Waals surface area (Å²) in [6.07, 6.45) is 1.16. The summed E-state index contributed by atoms with van der Waals surface area (Å²) in [5.74, 6) is -1.97. The Labute approximate surface area is 271 Å². The maximum absolute atomic E-state index is 13.0. The molecular formula is C37H46O9. The van der Waals surface area contributed by atoms with Crippen molar-refractivity contribution in [3.63, 3.8) is 0 Å². The largest absolute Gasteiger partial charge is 0.507 e. The summed E-state index contributed by atoms with van der Waals surface area (Å²) >= 11 is 0. The van der Waals surface area contributed by atoms with Crippen molar-refractivity contribution in [1.82, 2.24) is 0 Å². The molecule has 9 heteroatoms. The fourth-order valence-electron chi connectivity index (χ4n) is 5.44. The van der Waals surface area contributed by atoms with E-state index in [4.69, 9.17) is 14.2 Å². The van der Waals surface area contributed by atoms with Gasteiger partial charge in [-0.2, -0.15) is 0 Å². The van der Waals surface area contributed by atoms with Gasteiger partial charge in [0.2, 0.25) is 0 Å². The lowest BCUT2D eigenvalue weighted by atomic mass is 10.0. The van der Waals surface area contributed by atoms with E-state index in [9.17, 15) is 29.7 Å². The van der Waals surface area contributed by atoms with Crippen LogP contribution in [-0.4, -0.2) is 52.5 Å². The average Bonchev–Trinajstić information content (AvgIpc) is 3.00. The number of carbonyl (C=O) groups is 3. The molecule has 0 aliphatic carbocycles. The SMILES string of the molecule is Cc1cc(CCCOC(=O)C(OC(=O)CCCc2cc(C)c(O)c(C)c2)C(=O)OCCCc2cc(C)c(O)c(C)c2)cc(C)c1O. The molecule has 0 saturated heterocycles. The van der Waals surface area contributed by atoms with Crippen molar-refractivity contribution in [2.45, 2.75) is 92.6 Å². The van der Waals surface area contributed by atoms with Crippen LogP contribution in [0.15, 0.2) is 36.4 Å². The smallest absolute Gasteiger partial charge is 0.359 e. The quantitative estimate of drug-likeness (QED) is 0.0767. The lowest BCUT2D eigenvalue weighted by Gasteiger charge is -2.16. The van der Waals surface area contributed by atoms with Gasteiger partial charge in [0.05, 0.1) is 13.2 Å². The number of ether oxygens (including phenoxy) is 3. The van der Waals surface area contributed by atoms with Crippen molar-refractivity contribution in [3.8, 4) is 17.2 Å². The van der Waals surface area contributed by atoms with E-state index in [2.05, 4.69) is 0 Å². The van der Waals surface area contributed by atoms with E-state index >= 15 is 0 Å². The standard InChI is InChI=1S/C37H46O9/c1-22-16-28(17-23(2)32(22)39)10-7-13-31(38)46-35(36(42)44-14-8-11-29-18-24(3)33(40)25(4)19-29)37(43)45-15-9-12-30-20-26(5)34(41)27(6)21-30/h16-21,35,39-41H,7-15H2,1-6H3. The van der Waals surface area contributed by atoms with Gasteiger partial charge >= 0.3 is 17.9 Å². The molecule has 0 amide bonds. The Kier molecular flexibility index (Phi) is 13.0. The summed E-state index contributed by atoms with van der Waals surface area (Å²) in [5, 5.41) is 30.0. The highest BCUT2D eigenvalue weighted by molar-refractivity contribution is 5.99. The van der Waals surface area contributed by atoms with Crippen molar-refractivity contribution in [2.24, 2.45) is 0 Å². The fourth-order valence-corrected chi connectivity index (χ4v) is 5.44. The Hall–Kier alpha value is -4.53. The molecule has 0 atom stereocenters. The molecule has 46 heavy (non-hydrogen) atoms. The number of benzene rings is 3. The van der Waals surface area contributed by atoms with E-state index in [0.29, 0.717) is 38.5 Å². The number of rotatable bonds is 15. The van der Waals surface area contributed by atoms with Gasteiger partial charge in [-0.1, -0.05) is 36.4 Å². The molecule has 0 spiro atoms. The Bertz CT molecular complexity index is 1410. The molecule has 3 N–H and O–H groups in total. The minimum absolute atomic E-state index is 0.00174. The van der Waals surface area contributed by atoms with Gasteiger partial charge in [-0.05, 0) is 130 Å². The van der Waals surface area contributed by atoms with Crippen LogP contribution in [-0.2, 0) is 47.9 Å². The first-order valence-electron chi connectivity index (χ1n) is 15.7. The Morgan fingerprint density at radius 3 is 1.17 bits per heavy atom. The predicted molar refractivity (Wildman–Crippen MR) is 174 cm³/mol. The van der Waals surface area contributed by atoms with Crippen LogP contribution >= 0.6 is 0 Å². The average molecular weight is 635 g/mol. The summed E-state index contributed by atoms with van der Waals surface area (Å²) in [4.78, 5) is 38.7. The van der Waals surface area contributed by atoms with E-state index < -0.39 is 24.0 Å². The van der Waals surface area contributed by atoms with Crippen molar-refractivity contribution in [2.75, 3.05) is 13.2 Å². The molecule has 0 bridgehead atoms. The molecule has 0 unspecified atom stereocenters. The molecule has 248 valence electrons. The molecule has 0 radical (unpaired) electrons. The number of hydrogen-bond acceptors (Lipinski definition) is 9. The Morgan fingerprint density at radius 1 is 0.543 bits per heavy atom. The van der Waals surface area contributed by atoms with Crippen molar-refractivity contribution >= 4 is 17.9 Å². The Balaban J connectivity index is 1.57. The number of carbonyl (C=O) groups excluding carboxylic acids is 3. The third kappa shape index (κ3) is 10.3. The second-order valence-corrected chi connectivity index (χ2v) is 12.0. The van der Waals surface area contributed by atoms with Crippen LogP contribution in [0.2, 0.25) is 0 Å². The third-order valence-electron chi connectivity index (χ3n) is 7.88. The minimum atomic E-state index is -1.85. The van der Waals surface area contributed by atoms with Crippen molar-refractivity contribution < 1.29 is 43.9 Å². The van der Waals surface area contributed by atoms with Crippen LogP contribution in [0.1, 0.15) is 75.8 Å². The lowest BCUT2D eigenvalue weighted by Crippen LogP contribution is -2.38. The fraction of sp³-hybridized carbons (Fsp3) is 0.432. The summed E-state index contributed by atoms with van der Waals surface area (Å²) in [5.41, 5.74) is 7.42. The highest BCUT2D eigenvalue weighted by Gasteiger charge is 2.34. The van der Waals surface area contributed by atoms with Gasteiger partial charge in [-0.15, -0.1) is 0 Å². The van der Waals surface area contributed by atoms with Gasteiger partial charge in [-0.25, -0.2) is 9.59 Å². The lowest BCUT2D eigenvalue weighted by molar-refractivity contribution is -0.180. The molecule has 3 aromatic carbocycles. The maximum atomic E-state index is 13.0. The number of phenolic OH excluding ortho intramolecular Hbond substituents is 3. The van der Waals surface area contributed by atoms with Gasteiger partial charge < -0.3 is 29.5 Å². The monoisotopic (exact) mass is 634 g/mol. The Morgan fingerprint density at radius 2 is 0.848 bits per heavy atom. The van der Waals surface area contributed by atoms with E-state index in [-0.39, 0.29) is 36.9 Å². The molecule has 0 aromatic heterocycles. The van der Waals surface area contributed by atoms with Crippen molar-refractivity contribution in [1.29, 1.82) is 0 Å². The number of hydrogen-bond donors (Lipinski definition) is 3. The molecule has 0 saturated carbocycles. The number of aryl methyl sites for hydroxylation is 9. The molecule has 0 heterocycles. The van der Waals surface area contributed by atoms with Crippen LogP contribution in [0.4, 0.5) is 0 Å². The van der Waals surface area contributed by atoms with Crippen LogP contribution in [0.25, 0.3) is 0 Å². The van der Waals surface area contributed by atoms with Crippen molar-refractivity contribution in [3.05, 3.63) is 86.5 Å². The van der Waals surface area contributed by atoms with E-state index in [0.717, 1.165) is 50.1 Å². The van der Waals surface area contributed by atoms with Crippen LogP contribution in [0, 0.1) is 41.5 Å². The molecule has 9 nitrogen and oxygen atoms in total. The first-order valence-corrected chi connectivity index (χ1v) is 15.7.